The van der Waals surface area contributed by atoms with Gasteiger partial charge in [-0.05, 0) is 109 Å². The van der Waals surface area contributed by atoms with E-state index in [2.05, 4.69) is 125 Å². The molecule has 0 saturated carbocycles. The molecule has 2 aromatic heterocycles. The van der Waals surface area contributed by atoms with E-state index in [1.165, 1.54) is 55.3 Å². The van der Waals surface area contributed by atoms with E-state index < -0.39 is 0 Å². The van der Waals surface area contributed by atoms with Crippen LogP contribution in [0.2, 0.25) is 0 Å². The highest BCUT2D eigenvalue weighted by Gasteiger charge is 2.17. The predicted octanol–water partition coefficient (Wildman–Crippen LogP) is 11.2. The maximum absolute atomic E-state index is 6.42. The van der Waals surface area contributed by atoms with E-state index in [1.807, 2.05) is 0 Å². The summed E-state index contributed by atoms with van der Waals surface area (Å²) in [4.78, 5) is 0. The molecule has 0 radical (unpaired) electrons. The van der Waals surface area contributed by atoms with E-state index in [1.54, 1.807) is 0 Å². The van der Waals surface area contributed by atoms with Crippen LogP contribution in [0.3, 0.4) is 0 Å². The Labute approximate surface area is 232 Å². The molecule has 0 bridgehead atoms. The third-order valence-electron chi connectivity index (χ3n) is 8.18. The molecule has 2 nitrogen and oxygen atoms in total. The summed E-state index contributed by atoms with van der Waals surface area (Å²) >= 11 is 0. The second kappa shape index (κ2) is 8.34. The van der Waals surface area contributed by atoms with Gasteiger partial charge in [0.25, 0.3) is 0 Å². The SMILES string of the molecule is Cc1cc(C)cc(-c2ccc3c(c2)oc2ccc4c(ccc5oc6cc(-c7cc(C)cc(C)c7)ccc6c54)c23)c1. The molecule has 2 heterocycles. The van der Waals surface area contributed by atoms with Gasteiger partial charge in [-0.25, -0.2) is 0 Å². The number of benzene rings is 6. The molecule has 8 rings (SSSR count). The molecule has 2 heteroatoms. The van der Waals surface area contributed by atoms with Gasteiger partial charge in [-0.1, -0.05) is 70.8 Å². The highest BCUT2D eigenvalue weighted by atomic mass is 16.3. The van der Waals surface area contributed by atoms with Gasteiger partial charge in [-0.15, -0.1) is 0 Å². The van der Waals surface area contributed by atoms with Crippen LogP contribution in [0.4, 0.5) is 0 Å². The van der Waals surface area contributed by atoms with Crippen LogP contribution in [0, 0.1) is 27.7 Å². The van der Waals surface area contributed by atoms with Crippen molar-refractivity contribution < 1.29 is 8.83 Å². The van der Waals surface area contributed by atoms with Gasteiger partial charge in [0, 0.05) is 21.5 Å². The fourth-order valence-corrected chi connectivity index (χ4v) is 6.60. The Morgan fingerprint density at radius 3 is 1.10 bits per heavy atom. The van der Waals surface area contributed by atoms with Gasteiger partial charge in [0.2, 0.25) is 0 Å². The van der Waals surface area contributed by atoms with Crippen LogP contribution < -0.4 is 0 Å². The molecular weight excluding hydrogens is 488 g/mol. The number of hydrogen-bond donors (Lipinski definition) is 0. The van der Waals surface area contributed by atoms with Crippen molar-refractivity contribution in [3.05, 3.63) is 119 Å². The number of fused-ring (bicyclic) bond motifs is 9. The summed E-state index contributed by atoms with van der Waals surface area (Å²) in [5, 5.41) is 6.95. The van der Waals surface area contributed by atoms with Crippen molar-refractivity contribution in [3.8, 4) is 22.3 Å². The van der Waals surface area contributed by atoms with Crippen LogP contribution in [-0.4, -0.2) is 0 Å². The lowest BCUT2D eigenvalue weighted by Crippen LogP contribution is -1.83. The zero-order valence-corrected chi connectivity index (χ0v) is 23.1. The van der Waals surface area contributed by atoms with Crippen molar-refractivity contribution in [1.82, 2.24) is 0 Å². The normalized spacial score (nSPS) is 12.0. The first-order valence-electron chi connectivity index (χ1n) is 13.8. The van der Waals surface area contributed by atoms with Gasteiger partial charge >= 0.3 is 0 Å². The second-order valence-electron chi connectivity index (χ2n) is 11.4. The number of rotatable bonds is 2. The molecule has 192 valence electrons. The lowest BCUT2D eigenvalue weighted by molar-refractivity contribution is 0.668. The first-order valence-corrected chi connectivity index (χ1v) is 13.8. The minimum absolute atomic E-state index is 0.907. The monoisotopic (exact) mass is 516 g/mol. The van der Waals surface area contributed by atoms with Gasteiger partial charge in [0.15, 0.2) is 0 Å². The fraction of sp³-hybridized carbons (Fsp3) is 0.105. The molecule has 0 aliphatic rings. The maximum Gasteiger partial charge on any atom is 0.136 e. The van der Waals surface area contributed by atoms with E-state index in [0.717, 1.165) is 43.9 Å². The Morgan fingerprint density at radius 2 is 0.700 bits per heavy atom. The lowest BCUT2D eigenvalue weighted by Gasteiger charge is -2.06. The average molecular weight is 517 g/mol. The van der Waals surface area contributed by atoms with Crippen molar-refractivity contribution in [2.24, 2.45) is 0 Å². The van der Waals surface area contributed by atoms with Crippen LogP contribution in [-0.2, 0) is 0 Å². The molecule has 0 fully saturated rings. The van der Waals surface area contributed by atoms with E-state index in [0.29, 0.717) is 0 Å². The second-order valence-corrected chi connectivity index (χ2v) is 11.4. The topological polar surface area (TPSA) is 26.3 Å². The van der Waals surface area contributed by atoms with E-state index in [9.17, 15) is 0 Å². The van der Waals surface area contributed by atoms with Gasteiger partial charge < -0.3 is 8.83 Å². The Morgan fingerprint density at radius 1 is 0.325 bits per heavy atom. The quantitative estimate of drug-likeness (QED) is 0.228. The Kier molecular flexibility index (Phi) is 4.82. The largest absolute Gasteiger partial charge is 0.456 e. The Bertz CT molecular complexity index is 2100. The van der Waals surface area contributed by atoms with Crippen LogP contribution in [0.1, 0.15) is 22.3 Å². The summed E-state index contributed by atoms with van der Waals surface area (Å²) in [5.41, 5.74) is 13.5. The number of aryl methyl sites for hydroxylation is 4. The highest BCUT2D eigenvalue weighted by Crippen LogP contribution is 2.42. The molecule has 0 N–H and O–H groups in total. The molecule has 0 atom stereocenters. The Hall–Kier alpha value is -4.82. The molecule has 0 aliphatic carbocycles. The maximum atomic E-state index is 6.42. The summed E-state index contributed by atoms with van der Waals surface area (Å²) in [6.07, 6.45) is 0. The minimum Gasteiger partial charge on any atom is -0.456 e. The summed E-state index contributed by atoms with van der Waals surface area (Å²) in [6.45, 7) is 8.58. The van der Waals surface area contributed by atoms with Crippen LogP contribution in [0.15, 0.2) is 106 Å². The lowest BCUT2D eigenvalue weighted by atomic mass is 9.96. The van der Waals surface area contributed by atoms with Gasteiger partial charge in [-0.3, -0.25) is 0 Å². The van der Waals surface area contributed by atoms with Crippen LogP contribution >= 0.6 is 0 Å². The molecule has 6 aromatic carbocycles. The average Bonchev–Trinajstić information content (AvgIpc) is 3.49. The molecule has 0 saturated heterocycles. The van der Waals surface area contributed by atoms with E-state index >= 15 is 0 Å². The molecule has 8 aromatic rings. The number of furan rings is 2. The third-order valence-corrected chi connectivity index (χ3v) is 8.18. The van der Waals surface area contributed by atoms with Crippen molar-refractivity contribution in [2.45, 2.75) is 27.7 Å². The standard InChI is InChI=1S/C38H28O2/c1-21-13-22(2)16-27(15-21)25-5-7-31-35(19-25)39-33-11-9-30-29(37(31)33)10-12-34-38(30)32-8-6-26(20-36(32)40-34)28-17-23(3)14-24(4)18-28/h5-20H,1-4H3. The zero-order valence-electron chi connectivity index (χ0n) is 23.1. The fourth-order valence-electron chi connectivity index (χ4n) is 6.60. The summed E-state index contributed by atoms with van der Waals surface area (Å²) in [6, 6.07) is 35.1. The molecule has 0 unspecified atom stereocenters. The van der Waals surface area contributed by atoms with E-state index in [4.69, 9.17) is 8.83 Å². The van der Waals surface area contributed by atoms with E-state index in [-0.39, 0.29) is 0 Å². The molecule has 40 heavy (non-hydrogen) atoms. The zero-order chi connectivity index (χ0) is 27.1. The summed E-state index contributed by atoms with van der Waals surface area (Å²) in [7, 11) is 0. The summed E-state index contributed by atoms with van der Waals surface area (Å²) < 4.78 is 12.8. The van der Waals surface area contributed by atoms with Gasteiger partial charge in [0.05, 0.1) is 0 Å². The van der Waals surface area contributed by atoms with Gasteiger partial charge in [-0.2, -0.15) is 0 Å². The Balaban J connectivity index is 1.33. The number of hydrogen-bond acceptors (Lipinski definition) is 2. The van der Waals surface area contributed by atoms with Crippen molar-refractivity contribution in [2.75, 3.05) is 0 Å². The highest BCUT2D eigenvalue weighted by molar-refractivity contribution is 6.27. The molecule has 0 spiro atoms. The molecular formula is C38H28O2. The smallest absolute Gasteiger partial charge is 0.136 e. The first kappa shape index (κ1) is 23.1. The predicted molar refractivity (Wildman–Crippen MR) is 168 cm³/mol. The van der Waals surface area contributed by atoms with Crippen LogP contribution in [0.5, 0.6) is 0 Å². The minimum atomic E-state index is 0.907. The van der Waals surface area contributed by atoms with Gasteiger partial charge in [0.1, 0.15) is 22.3 Å². The third kappa shape index (κ3) is 3.49. The first-order chi connectivity index (χ1) is 19.4. The van der Waals surface area contributed by atoms with Crippen molar-refractivity contribution in [3.63, 3.8) is 0 Å². The van der Waals surface area contributed by atoms with Crippen LogP contribution in [0.25, 0.3) is 76.9 Å². The molecule has 0 amide bonds. The van der Waals surface area contributed by atoms with Crippen molar-refractivity contribution >= 4 is 54.6 Å². The molecule has 0 aliphatic heterocycles. The van der Waals surface area contributed by atoms with Crippen molar-refractivity contribution in [1.29, 1.82) is 0 Å². The summed E-state index contributed by atoms with van der Waals surface area (Å²) in [5.74, 6) is 0.